The quantitative estimate of drug-likeness (QED) is 0.524. The molecule has 0 saturated carbocycles. The molecule has 0 aliphatic heterocycles. The number of ketones is 1. The molecule has 1 atom stereocenters. The Morgan fingerprint density at radius 3 is 2.08 bits per heavy atom. The van der Waals surface area contributed by atoms with Crippen LogP contribution in [0.5, 0.6) is 5.75 Å². The summed E-state index contributed by atoms with van der Waals surface area (Å²) >= 11 is 0. The van der Waals surface area contributed by atoms with Crippen molar-refractivity contribution in [3.63, 3.8) is 0 Å². The molecule has 25 heavy (non-hydrogen) atoms. The minimum absolute atomic E-state index is 0.177. The summed E-state index contributed by atoms with van der Waals surface area (Å²) in [4.78, 5) is 12.3. The van der Waals surface area contributed by atoms with Gasteiger partial charge in [-0.1, -0.05) is 79.7 Å². The fourth-order valence-corrected chi connectivity index (χ4v) is 2.77. The third-order valence-electron chi connectivity index (χ3n) is 4.28. The number of benzene rings is 3. The number of rotatable bonds is 7. The Labute approximate surface area is 149 Å². The van der Waals surface area contributed by atoms with Crippen molar-refractivity contribution < 1.29 is 9.53 Å². The molecule has 0 amide bonds. The molecule has 0 fully saturated rings. The Bertz CT molecular complexity index is 793. The summed E-state index contributed by atoms with van der Waals surface area (Å²) in [5, 5.41) is 0. The Kier molecular flexibility index (Phi) is 5.63. The lowest BCUT2D eigenvalue weighted by atomic mass is 9.93. The van der Waals surface area contributed by atoms with Gasteiger partial charge in [-0.3, -0.25) is 4.79 Å². The monoisotopic (exact) mass is 330 g/mol. The van der Waals surface area contributed by atoms with E-state index in [0.29, 0.717) is 13.0 Å². The molecular formula is C23H22O2. The molecule has 1 unspecified atom stereocenters. The number of hydrogen-bond donors (Lipinski definition) is 0. The molecule has 0 radical (unpaired) electrons. The maximum absolute atomic E-state index is 12.3. The number of hydrogen-bond acceptors (Lipinski definition) is 2. The van der Waals surface area contributed by atoms with Gasteiger partial charge in [-0.05, 0) is 29.2 Å². The molecule has 0 aromatic heterocycles. The van der Waals surface area contributed by atoms with E-state index in [-0.39, 0.29) is 11.7 Å². The molecule has 0 aliphatic rings. The minimum Gasteiger partial charge on any atom is -0.489 e. The zero-order valence-corrected chi connectivity index (χ0v) is 14.4. The van der Waals surface area contributed by atoms with E-state index < -0.39 is 0 Å². The maximum Gasteiger partial charge on any atom is 0.163 e. The molecule has 3 aromatic rings. The van der Waals surface area contributed by atoms with Crippen LogP contribution in [0.3, 0.4) is 0 Å². The van der Waals surface area contributed by atoms with Crippen LogP contribution < -0.4 is 4.74 Å². The summed E-state index contributed by atoms with van der Waals surface area (Å²) in [5.41, 5.74) is 3.07. The number of Topliss-reactive ketones (excluding diaryl/α,β-unsaturated/α-hetero) is 1. The highest BCUT2D eigenvalue weighted by atomic mass is 16.5. The summed E-state index contributed by atoms with van der Waals surface area (Å²) in [6.07, 6.45) is 0.508. The van der Waals surface area contributed by atoms with Gasteiger partial charge in [-0.25, -0.2) is 0 Å². The summed E-state index contributed by atoms with van der Waals surface area (Å²) in [7, 11) is 0. The Balaban J connectivity index is 1.57. The van der Waals surface area contributed by atoms with Gasteiger partial charge in [-0.2, -0.15) is 0 Å². The highest BCUT2D eigenvalue weighted by molar-refractivity contribution is 5.96. The van der Waals surface area contributed by atoms with Crippen LogP contribution in [0, 0.1) is 0 Å². The second kappa shape index (κ2) is 8.29. The van der Waals surface area contributed by atoms with Crippen LogP contribution in [-0.2, 0) is 6.61 Å². The van der Waals surface area contributed by atoms with Gasteiger partial charge >= 0.3 is 0 Å². The molecule has 0 heterocycles. The summed E-state index contributed by atoms with van der Waals surface area (Å²) in [5.74, 6) is 1.20. The Hall–Kier alpha value is -2.87. The van der Waals surface area contributed by atoms with Crippen LogP contribution in [-0.4, -0.2) is 5.78 Å². The van der Waals surface area contributed by atoms with E-state index >= 15 is 0 Å². The first kappa shape index (κ1) is 17.0. The van der Waals surface area contributed by atoms with Crippen molar-refractivity contribution in [2.75, 3.05) is 0 Å². The molecular weight excluding hydrogens is 308 g/mol. The normalized spacial score (nSPS) is 11.7. The van der Waals surface area contributed by atoms with Gasteiger partial charge in [-0.15, -0.1) is 0 Å². The van der Waals surface area contributed by atoms with Crippen molar-refractivity contribution in [1.82, 2.24) is 0 Å². The van der Waals surface area contributed by atoms with Crippen LogP contribution in [0.4, 0.5) is 0 Å². The molecule has 0 N–H and O–H groups in total. The second-order valence-corrected chi connectivity index (χ2v) is 6.24. The molecule has 0 aliphatic carbocycles. The lowest BCUT2D eigenvalue weighted by Gasteiger charge is -2.12. The van der Waals surface area contributed by atoms with Gasteiger partial charge in [0.15, 0.2) is 5.78 Å². The molecule has 2 heteroatoms. The van der Waals surface area contributed by atoms with E-state index in [2.05, 4.69) is 6.92 Å². The van der Waals surface area contributed by atoms with Gasteiger partial charge in [0.2, 0.25) is 0 Å². The molecule has 126 valence electrons. The van der Waals surface area contributed by atoms with E-state index in [1.807, 2.05) is 84.9 Å². The smallest absolute Gasteiger partial charge is 0.163 e. The van der Waals surface area contributed by atoms with Crippen molar-refractivity contribution in [3.8, 4) is 5.75 Å². The van der Waals surface area contributed by atoms with E-state index in [1.165, 1.54) is 0 Å². The average Bonchev–Trinajstić information content (AvgIpc) is 2.68. The highest BCUT2D eigenvalue weighted by Crippen LogP contribution is 2.24. The molecule has 0 spiro atoms. The summed E-state index contributed by atoms with van der Waals surface area (Å²) in [6.45, 7) is 2.64. The van der Waals surface area contributed by atoms with Crippen LogP contribution in [0.15, 0.2) is 84.9 Å². The number of carbonyl (C=O) groups excluding carboxylic acids is 1. The van der Waals surface area contributed by atoms with Crippen molar-refractivity contribution in [3.05, 3.63) is 102 Å². The lowest BCUT2D eigenvalue weighted by molar-refractivity contribution is 0.0975. The standard InChI is InChI=1S/C23H22O2/c1-18(16-23(24)21-10-6-3-7-11-21)20-12-14-22(15-13-20)25-17-19-8-4-2-5-9-19/h2-15,18H,16-17H2,1H3. The highest BCUT2D eigenvalue weighted by Gasteiger charge is 2.13. The van der Waals surface area contributed by atoms with E-state index in [4.69, 9.17) is 4.74 Å². The van der Waals surface area contributed by atoms with E-state index in [1.54, 1.807) is 0 Å². The van der Waals surface area contributed by atoms with Crippen molar-refractivity contribution >= 4 is 5.78 Å². The maximum atomic E-state index is 12.3. The van der Waals surface area contributed by atoms with Crippen molar-refractivity contribution in [2.24, 2.45) is 0 Å². The Morgan fingerprint density at radius 1 is 0.840 bits per heavy atom. The first-order chi connectivity index (χ1) is 12.2. The van der Waals surface area contributed by atoms with Crippen LogP contribution in [0.1, 0.15) is 40.7 Å². The fourth-order valence-electron chi connectivity index (χ4n) is 2.77. The van der Waals surface area contributed by atoms with E-state index in [9.17, 15) is 4.79 Å². The Morgan fingerprint density at radius 2 is 1.44 bits per heavy atom. The topological polar surface area (TPSA) is 26.3 Å². The molecule has 3 aromatic carbocycles. The number of carbonyl (C=O) groups is 1. The second-order valence-electron chi connectivity index (χ2n) is 6.24. The zero-order chi connectivity index (χ0) is 17.5. The van der Waals surface area contributed by atoms with Gasteiger partial charge in [0.25, 0.3) is 0 Å². The number of ether oxygens (including phenoxy) is 1. The first-order valence-corrected chi connectivity index (χ1v) is 8.57. The predicted molar refractivity (Wildman–Crippen MR) is 101 cm³/mol. The molecule has 0 saturated heterocycles. The zero-order valence-electron chi connectivity index (χ0n) is 14.4. The van der Waals surface area contributed by atoms with Crippen LogP contribution in [0.2, 0.25) is 0 Å². The van der Waals surface area contributed by atoms with Crippen LogP contribution in [0.25, 0.3) is 0 Å². The lowest BCUT2D eigenvalue weighted by Crippen LogP contribution is -2.05. The van der Waals surface area contributed by atoms with Gasteiger partial charge in [0, 0.05) is 12.0 Å². The first-order valence-electron chi connectivity index (χ1n) is 8.57. The largest absolute Gasteiger partial charge is 0.489 e. The van der Waals surface area contributed by atoms with Gasteiger partial charge in [0.05, 0.1) is 0 Å². The van der Waals surface area contributed by atoms with Crippen molar-refractivity contribution in [1.29, 1.82) is 0 Å². The third kappa shape index (κ3) is 4.80. The predicted octanol–water partition coefficient (Wildman–Crippen LogP) is 5.64. The van der Waals surface area contributed by atoms with Crippen molar-refractivity contribution in [2.45, 2.75) is 25.9 Å². The SMILES string of the molecule is CC(CC(=O)c1ccccc1)c1ccc(OCc2ccccc2)cc1. The molecule has 0 bridgehead atoms. The third-order valence-corrected chi connectivity index (χ3v) is 4.28. The van der Waals surface area contributed by atoms with Crippen LogP contribution >= 0.6 is 0 Å². The minimum atomic E-state index is 0.177. The van der Waals surface area contributed by atoms with Gasteiger partial charge < -0.3 is 4.74 Å². The fraction of sp³-hybridized carbons (Fsp3) is 0.174. The van der Waals surface area contributed by atoms with Gasteiger partial charge in [0.1, 0.15) is 12.4 Å². The summed E-state index contributed by atoms with van der Waals surface area (Å²) < 4.78 is 5.81. The molecule has 3 rings (SSSR count). The molecule has 2 nitrogen and oxygen atoms in total. The average molecular weight is 330 g/mol. The summed E-state index contributed by atoms with van der Waals surface area (Å²) in [6, 6.07) is 27.6. The van der Waals surface area contributed by atoms with E-state index in [0.717, 1.165) is 22.4 Å².